The Balaban J connectivity index is 0.000000349. The molecule has 0 spiro atoms. The van der Waals surface area contributed by atoms with E-state index in [1.54, 1.807) is 11.1 Å². The van der Waals surface area contributed by atoms with Gasteiger partial charge >= 0.3 is 0 Å². The molecule has 130 valence electrons. The summed E-state index contributed by atoms with van der Waals surface area (Å²) in [5, 5.41) is 0. The second-order valence-corrected chi connectivity index (χ2v) is 8.41. The largest absolute Gasteiger partial charge is 0.295 e. The molecule has 4 aliphatic rings. The van der Waals surface area contributed by atoms with Crippen molar-refractivity contribution in [3.05, 3.63) is 22.8 Å². The van der Waals surface area contributed by atoms with Crippen molar-refractivity contribution in [2.45, 2.75) is 86.0 Å². The summed E-state index contributed by atoms with van der Waals surface area (Å²) in [6.07, 6.45) is 13.5. The number of fused-ring (bicyclic) bond motifs is 4. The molecular weight excluding hydrogens is 280 g/mol. The molecule has 0 radical (unpaired) electrons. The van der Waals surface area contributed by atoms with Gasteiger partial charge in [0.05, 0.1) is 0 Å². The summed E-state index contributed by atoms with van der Waals surface area (Å²) in [7, 11) is 0. The van der Waals surface area contributed by atoms with Crippen molar-refractivity contribution >= 4 is 5.78 Å². The number of hydrogen-bond acceptors (Lipinski definition) is 1. The number of carbonyl (C=O) groups excluding carboxylic acids is 1. The average molecular weight is 317 g/mol. The first-order valence-corrected chi connectivity index (χ1v) is 9.52. The van der Waals surface area contributed by atoms with Crippen molar-refractivity contribution in [2.24, 2.45) is 23.7 Å². The molecule has 23 heavy (non-hydrogen) atoms. The molecule has 0 heterocycles. The fourth-order valence-corrected chi connectivity index (χ4v) is 5.16. The molecule has 4 aliphatic carbocycles. The highest BCUT2D eigenvalue weighted by Gasteiger charge is 2.41. The normalized spacial score (nSPS) is 32.1. The quantitative estimate of drug-likeness (QED) is 0.499. The van der Waals surface area contributed by atoms with Crippen molar-refractivity contribution in [1.29, 1.82) is 0 Å². The maximum Gasteiger partial charge on any atom is 0.156 e. The van der Waals surface area contributed by atoms with E-state index in [-0.39, 0.29) is 7.43 Å². The van der Waals surface area contributed by atoms with Gasteiger partial charge in [0.2, 0.25) is 0 Å². The molecule has 4 rings (SSSR count). The molecule has 1 nitrogen and oxygen atoms in total. The van der Waals surface area contributed by atoms with Crippen molar-refractivity contribution in [3.63, 3.8) is 0 Å². The third-order valence-electron chi connectivity index (χ3n) is 5.92. The number of carbonyl (C=O) groups is 1. The Morgan fingerprint density at radius 1 is 0.957 bits per heavy atom. The first-order valence-electron chi connectivity index (χ1n) is 9.52. The van der Waals surface area contributed by atoms with Crippen LogP contribution >= 0.6 is 0 Å². The topological polar surface area (TPSA) is 17.1 Å². The predicted molar refractivity (Wildman–Crippen MR) is 99.4 cm³/mol. The van der Waals surface area contributed by atoms with Gasteiger partial charge in [0, 0.05) is 6.42 Å². The Bertz CT molecular complexity index is 491. The van der Waals surface area contributed by atoms with Gasteiger partial charge in [-0.3, -0.25) is 4.79 Å². The zero-order chi connectivity index (χ0) is 15.7. The van der Waals surface area contributed by atoms with Gasteiger partial charge in [-0.25, -0.2) is 0 Å². The van der Waals surface area contributed by atoms with Crippen LogP contribution in [0, 0.1) is 23.7 Å². The highest BCUT2D eigenvalue weighted by molar-refractivity contribution is 5.93. The molecule has 0 bridgehead atoms. The van der Waals surface area contributed by atoms with E-state index in [1.807, 2.05) is 6.08 Å². The smallest absolute Gasteiger partial charge is 0.156 e. The first-order chi connectivity index (χ1) is 10.6. The van der Waals surface area contributed by atoms with Crippen LogP contribution < -0.4 is 0 Å². The van der Waals surface area contributed by atoms with Crippen LogP contribution in [0.2, 0.25) is 0 Å². The third-order valence-corrected chi connectivity index (χ3v) is 5.92. The molecule has 0 saturated heterocycles. The van der Waals surface area contributed by atoms with Crippen LogP contribution in [0.15, 0.2) is 22.8 Å². The summed E-state index contributed by atoms with van der Waals surface area (Å²) < 4.78 is 0. The minimum atomic E-state index is 0. The second kappa shape index (κ2) is 7.81. The van der Waals surface area contributed by atoms with Crippen LogP contribution in [-0.4, -0.2) is 5.78 Å². The zero-order valence-corrected chi connectivity index (χ0v) is 14.7. The van der Waals surface area contributed by atoms with Crippen LogP contribution in [0.25, 0.3) is 0 Å². The second-order valence-electron chi connectivity index (χ2n) is 8.41. The zero-order valence-electron chi connectivity index (χ0n) is 14.7. The molecule has 0 N–H and O–H groups in total. The van der Waals surface area contributed by atoms with Gasteiger partial charge in [-0.2, -0.15) is 0 Å². The average Bonchev–Trinajstić information content (AvgIpc) is 2.94. The molecule has 0 aromatic rings. The Labute approximate surface area is 143 Å². The molecule has 2 fully saturated rings. The summed E-state index contributed by atoms with van der Waals surface area (Å²) in [5.41, 5.74) is 4.81. The summed E-state index contributed by atoms with van der Waals surface area (Å²) in [4.78, 5) is 11.6. The van der Waals surface area contributed by atoms with Crippen molar-refractivity contribution in [3.8, 4) is 0 Å². The minimum absolute atomic E-state index is 0. The Morgan fingerprint density at radius 3 is 2.43 bits per heavy atom. The molecule has 0 aromatic carbocycles. The number of rotatable bonds is 0. The van der Waals surface area contributed by atoms with Crippen molar-refractivity contribution < 1.29 is 4.79 Å². The standard InChI is InChI=1S/C17H22O.C4H10.CH4/c18-13-6-9-15-12(10-13)5-8-16-14-3-1-2-11(14)4-7-17(15)16;1-4(2)3;/h10-11,14,16H,1-9H2;4H,1-3H3;1H4. The van der Waals surface area contributed by atoms with E-state index in [0.29, 0.717) is 5.78 Å². The van der Waals surface area contributed by atoms with Gasteiger partial charge in [0.15, 0.2) is 5.78 Å². The highest BCUT2D eigenvalue weighted by Crippen LogP contribution is 2.54. The van der Waals surface area contributed by atoms with Gasteiger partial charge < -0.3 is 0 Å². The lowest BCUT2D eigenvalue weighted by Gasteiger charge is -2.42. The van der Waals surface area contributed by atoms with Gasteiger partial charge in [-0.1, -0.05) is 46.6 Å². The van der Waals surface area contributed by atoms with Crippen LogP contribution in [0.4, 0.5) is 0 Å². The van der Waals surface area contributed by atoms with Crippen LogP contribution in [0.1, 0.15) is 86.0 Å². The van der Waals surface area contributed by atoms with Crippen LogP contribution in [0.5, 0.6) is 0 Å². The van der Waals surface area contributed by atoms with Gasteiger partial charge in [-0.05, 0) is 79.4 Å². The molecule has 0 aliphatic heterocycles. The highest BCUT2D eigenvalue weighted by atomic mass is 16.1. The Hall–Kier alpha value is -0.850. The maximum atomic E-state index is 11.6. The molecule has 0 aromatic heterocycles. The summed E-state index contributed by atoms with van der Waals surface area (Å²) in [6.45, 7) is 6.50. The summed E-state index contributed by atoms with van der Waals surface area (Å²) in [5.74, 6) is 4.13. The maximum absolute atomic E-state index is 11.6. The van der Waals surface area contributed by atoms with Crippen molar-refractivity contribution in [1.82, 2.24) is 0 Å². The molecule has 3 atom stereocenters. The first kappa shape index (κ1) is 18.5. The lowest BCUT2D eigenvalue weighted by atomic mass is 9.63. The fourth-order valence-electron chi connectivity index (χ4n) is 5.16. The van der Waals surface area contributed by atoms with E-state index >= 15 is 0 Å². The monoisotopic (exact) mass is 316 g/mol. The Kier molecular flexibility index (Phi) is 6.28. The van der Waals surface area contributed by atoms with E-state index < -0.39 is 0 Å². The summed E-state index contributed by atoms with van der Waals surface area (Å²) in [6, 6.07) is 0. The van der Waals surface area contributed by atoms with E-state index in [9.17, 15) is 4.79 Å². The van der Waals surface area contributed by atoms with Gasteiger partial charge in [0.1, 0.15) is 0 Å². The van der Waals surface area contributed by atoms with E-state index in [2.05, 4.69) is 20.8 Å². The van der Waals surface area contributed by atoms with Gasteiger partial charge in [0.25, 0.3) is 0 Å². The SMILES string of the molecule is C.CC(C)C.O=C1C=C2CCC3C(=C2CC1)CCC1CCCC13. The number of allylic oxidation sites excluding steroid dienone is 4. The van der Waals surface area contributed by atoms with E-state index in [0.717, 1.165) is 36.5 Å². The third kappa shape index (κ3) is 3.98. The fraction of sp³-hybridized carbons (Fsp3) is 0.773. The lowest BCUT2D eigenvalue weighted by Crippen LogP contribution is -2.30. The minimum Gasteiger partial charge on any atom is -0.295 e. The molecule has 2 saturated carbocycles. The predicted octanol–water partition coefficient (Wildman–Crippen LogP) is 6.49. The molecular formula is C22H36O. The van der Waals surface area contributed by atoms with Gasteiger partial charge in [-0.15, -0.1) is 0 Å². The van der Waals surface area contributed by atoms with Crippen LogP contribution in [-0.2, 0) is 4.79 Å². The number of hydrogen-bond donors (Lipinski definition) is 0. The lowest BCUT2D eigenvalue weighted by molar-refractivity contribution is -0.114. The molecule has 3 unspecified atom stereocenters. The molecule has 1 heteroatoms. The molecule has 0 amide bonds. The van der Waals surface area contributed by atoms with Crippen LogP contribution in [0.3, 0.4) is 0 Å². The van der Waals surface area contributed by atoms with Crippen molar-refractivity contribution in [2.75, 3.05) is 0 Å². The Morgan fingerprint density at radius 2 is 1.70 bits per heavy atom. The number of ketones is 1. The summed E-state index contributed by atoms with van der Waals surface area (Å²) >= 11 is 0. The van der Waals surface area contributed by atoms with E-state index in [4.69, 9.17) is 0 Å². The van der Waals surface area contributed by atoms with E-state index in [1.165, 1.54) is 50.5 Å².